The summed E-state index contributed by atoms with van der Waals surface area (Å²) in [5.74, 6) is 1.13. The summed E-state index contributed by atoms with van der Waals surface area (Å²) in [6, 6.07) is 13.2. The van der Waals surface area contributed by atoms with Crippen LogP contribution in [0.1, 0.15) is 11.1 Å². The van der Waals surface area contributed by atoms with Gasteiger partial charge in [-0.15, -0.1) is 0 Å². The van der Waals surface area contributed by atoms with Crippen molar-refractivity contribution in [2.24, 2.45) is 0 Å². The fourth-order valence-corrected chi connectivity index (χ4v) is 3.06. The van der Waals surface area contributed by atoms with Crippen molar-refractivity contribution < 1.29 is 8.95 Å². The van der Waals surface area contributed by atoms with Gasteiger partial charge < -0.3 is 10.5 Å². The standard InChI is InChI=1S/C15H17NO2S/c1-11-4-3-5-15(6-11)19(17)10-12-7-13(16)9-14(8-12)18-2/h3-9H,10,16H2,1-2H3. The fourth-order valence-electron chi connectivity index (χ4n) is 1.88. The minimum Gasteiger partial charge on any atom is -0.497 e. The van der Waals surface area contributed by atoms with Crippen molar-refractivity contribution in [2.75, 3.05) is 12.8 Å². The van der Waals surface area contributed by atoms with Crippen molar-refractivity contribution in [3.05, 3.63) is 53.6 Å². The highest BCUT2D eigenvalue weighted by Gasteiger charge is 2.07. The minimum absolute atomic E-state index is 0.435. The lowest BCUT2D eigenvalue weighted by molar-refractivity contribution is 0.414. The van der Waals surface area contributed by atoms with Crippen LogP contribution in [0.3, 0.4) is 0 Å². The van der Waals surface area contributed by atoms with E-state index in [2.05, 4.69) is 0 Å². The first kappa shape index (κ1) is 13.6. The van der Waals surface area contributed by atoms with Gasteiger partial charge in [0.15, 0.2) is 0 Å². The van der Waals surface area contributed by atoms with E-state index < -0.39 is 10.8 Å². The Labute approximate surface area is 115 Å². The molecular formula is C15H17NO2S. The predicted molar refractivity (Wildman–Crippen MR) is 78.7 cm³/mol. The third-order valence-corrected chi connectivity index (χ3v) is 4.15. The number of hydrogen-bond donors (Lipinski definition) is 1. The van der Waals surface area contributed by atoms with E-state index in [1.807, 2.05) is 43.3 Å². The Morgan fingerprint density at radius 1 is 1.21 bits per heavy atom. The summed E-state index contributed by atoms with van der Waals surface area (Å²) in [7, 11) is 0.519. The molecule has 0 aliphatic heterocycles. The molecule has 0 fully saturated rings. The summed E-state index contributed by atoms with van der Waals surface area (Å²) in [6.07, 6.45) is 0. The Morgan fingerprint density at radius 3 is 2.68 bits per heavy atom. The highest BCUT2D eigenvalue weighted by atomic mass is 32.2. The van der Waals surface area contributed by atoms with Crippen LogP contribution in [0.2, 0.25) is 0 Å². The highest BCUT2D eigenvalue weighted by Crippen LogP contribution is 2.21. The lowest BCUT2D eigenvalue weighted by Crippen LogP contribution is -1.99. The smallest absolute Gasteiger partial charge is 0.121 e. The minimum atomic E-state index is -1.07. The number of hydrogen-bond acceptors (Lipinski definition) is 3. The van der Waals surface area contributed by atoms with Crippen molar-refractivity contribution in [2.45, 2.75) is 17.6 Å². The van der Waals surface area contributed by atoms with Crippen molar-refractivity contribution >= 4 is 16.5 Å². The van der Waals surface area contributed by atoms with Crippen LogP contribution in [0.4, 0.5) is 5.69 Å². The summed E-state index contributed by atoms with van der Waals surface area (Å²) in [4.78, 5) is 0.835. The number of nitrogens with two attached hydrogens (primary N) is 1. The number of benzene rings is 2. The first-order valence-electron chi connectivity index (χ1n) is 5.97. The average molecular weight is 275 g/mol. The summed E-state index contributed by atoms with van der Waals surface area (Å²) in [5, 5.41) is 0. The van der Waals surface area contributed by atoms with Gasteiger partial charge in [-0.2, -0.15) is 0 Å². The first-order chi connectivity index (χ1) is 9.08. The second-order valence-corrected chi connectivity index (χ2v) is 5.87. The topological polar surface area (TPSA) is 52.3 Å². The van der Waals surface area contributed by atoms with Crippen molar-refractivity contribution in [3.63, 3.8) is 0 Å². The van der Waals surface area contributed by atoms with E-state index in [1.165, 1.54) is 0 Å². The molecule has 1 unspecified atom stereocenters. The quantitative estimate of drug-likeness (QED) is 0.873. The van der Waals surface area contributed by atoms with E-state index >= 15 is 0 Å². The van der Waals surface area contributed by atoms with Crippen LogP contribution in [-0.2, 0) is 16.6 Å². The van der Waals surface area contributed by atoms with Crippen LogP contribution in [0.5, 0.6) is 5.75 Å². The van der Waals surface area contributed by atoms with Gasteiger partial charge >= 0.3 is 0 Å². The van der Waals surface area contributed by atoms with Gasteiger partial charge in [0.1, 0.15) is 5.75 Å². The molecule has 0 spiro atoms. The number of methoxy groups -OCH3 is 1. The molecular weight excluding hydrogens is 258 g/mol. The molecule has 0 saturated carbocycles. The van der Waals surface area contributed by atoms with E-state index in [-0.39, 0.29) is 0 Å². The molecule has 2 aromatic rings. The van der Waals surface area contributed by atoms with Gasteiger partial charge in [0.2, 0.25) is 0 Å². The number of nitrogen functional groups attached to an aromatic ring is 1. The first-order valence-corrected chi connectivity index (χ1v) is 7.29. The molecule has 3 nitrogen and oxygen atoms in total. The molecule has 4 heteroatoms. The van der Waals surface area contributed by atoms with E-state index in [0.717, 1.165) is 16.0 Å². The highest BCUT2D eigenvalue weighted by molar-refractivity contribution is 7.84. The van der Waals surface area contributed by atoms with Crippen molar-refractivity contribution in [1.29, 1.82) is 0 Å². The van der Waals surface area contributed by atoms with E-state index in [1.54, 1.807) is 13.2 Å². The Hall–Kier alpha value is -1.81. The van der Waals surface area contributed by atoms with Crippen LogP contribution in [-0.4, -0.2) is 11.3 Å². The normalized spacial score (nSPS) is 12.1. The molecule has 0 saturated heterocycles. The van der Waals surface area contributed by atoms with Gasteiger partial charge in [-0.25, -0.2) is 0 Å². The van der Waals surface area contributed by atoms with Gasteiger partial charge in [-0.05, 0) is 42.3 Å². The zero-order valence-corrected chi connectivity index (χ0v) is 11.9. The van der Waals surface area contributed by atoms with Crippen molar-refractivity contribution in [3.8, 4) is 5.75 Å². The molecule has 0 bridgehead atoms. The van der Waals surface area contributed by atoms with Gasteiger partial charge in [-0.3, -0.25) is 4.21 Å². The number of rotatable bonds is 4. The van der Waals surface area contributed by atoms with E-state index in [0.29, 0.717) is 17.2 Å². The van der Waals surface area contributed by atoms with Gasteiger partial charge in [0.05, 0.1) is 23.7 Å². The van der Waals surface area contributed by atoms with Gasteiger partial charge in [0.25, 0.3) is 0 Å². The summed E-state index contributed by atoms with van der Waals surface area (Å²) < 4.78 is 17.5. The third-order valence-electron chi connectivity index (χ3n) is 2.77. The van der Waals surface area contributed by atoms with Crippen LogP contribution in [0.25, 0.3) is 0 Å². The van der Waals surface area contributed by atoms with E-state index in [4.69, 9.17) is 10.5 Å². The maximum Gasteiger partial charge on any atom is 0.121 e. The summed E-state index contributed by atoms with van der Waals surface area (Å²) in [6.45, 7) is 1.99. The second-order valence-electron chi connectivity index (χ2n) is 4.42. The largest absolute Gasteiger partial charge is 0.497 e. The van der Waals surface area contributed by atoms with Crippen LogP contribution in [0, 0.1) is 6.92 Å². The average Bonchev–Trinajstić information content (AvgIpc) is 2.38. The molecule has 0 radical (unpaired) electrons. The predicted octanol–water partition coefficient (Wildman–Crippen LogP) is 2.89. The second kappa shape index (κ2) is 5.89. The van der Waals surface area contributed by atoms with Gasteiger partial charge in [-0.1, -0.05) is 12.1 Å². The molecule has 2 N–H and O–H groups in total. The molecule has 0 aliphatic carbocycles. The fraction of sp³-hybridized carbons (Fsp3) is 0.200. The molecule has 0 amide bonds. The number of anilines is 1. The summed E-state index contributed by atoms with van der Waals surface area (Å²) in [5.41, 5.74) is 8.44. The lowest BCUT2D eigenvalue weighted by Gasteiger charge is -2.07. The molecule has 0 aromatic heterocycles. The maximum absolute atomic E-state index is 12.3. The van der Waals surface area contributed by atoms with E-state index in [9.17, 15) is 4.21 Å². The Kier molecular flexibility index (Phi) is 4.22. The van der Waals surface area contributed by atoms with Crippen LogP contribution in [0.15, 0.2) is 47.4 Å². The molecule has 2 rings (SSSR count). The molecule has 1 atom stereocenters. The molecule has 2 aromatic carbocycles. The maximum atomic E-state index is 12.3. The molecule has 0 aliphatic rings. The lowest BCUT2D eigenvalue weighted by atomic mass is 10.2. The van der Waals surface area contributed by atoms with Gasteiger partial charge in [0, 0.05) is 16.6 Å². The Morgan fingerprint density at radius 2 is 2.00 bits per heavy atom. The summed E-state index contributed by atoms with van der Waals surface area (Å²) >= 11 is 0. The molecule has 0 heterocycles. The monoisotopic (exact) mass is 275 g/mol. The SMILES string of the molecule is COc1cc(N)cc(CS(=O)c2cccc(C)c2)c1. The Bertz CT molecular complexity index is 611. The zero-order chi connectivity index (χ0) is 13.8. The van der Waals surface area contributed by atoms with Crippen LogP contribution >= 0.6 is 0 Å². The number of aryl methyl sites for hydroxylation is 1. The number of ether oxygens (including phenoxy) is 1. The van der Waals surface area contributed by atoms with Crippen LogP contribution < -0.4 is 10.5 Å². The molecule has 19 heavy (non-hydrogen) atoms. The molecule has 100 valence electrons. The Balaban J connectivity index is 2.21. The van der Waals surface area contributed by atoms with Crippen molar-refractivity contribution in [1.82, 2.24) is 0 Å². The zero-order valence-electron chi connectivity index (χ0n) is 11.1. The third kappa shape index (κ3) is 3.58.